The Hall–Kier alpha value is -2.04. The van der Waals surface area contributed by atoms with Gasteiger partial charge in [-0.05, 0) is 31.0 Å². The van der Waals surface area contributed by atoms with Crippen LogP contribution in [-0.4, -0.2) is 29.6 Å². The summed E-state index contributed by atoms with van der Waals surface area (Å²) in [6.45, 7) is 4.57. The summed E-state index contributed by atoms with van der Waals surface area (Å²) in [6.07, 6.45) is 0.599. The van der Waals surface area contributed by atoms with Crippen molar-refractivity contribution in [3.8, 4) is 5.75 Å². The number of nitrogens with zero attached hydrogens (tertiary/aromatic N) is 1. The molecule has 2 rings (SSSR count). The van der Waals surface area contributed by atoms with Gasteiger partial charge in [0, 0.05) is 6.54 Å². The van der Waals surface area contributed by atoms with Crippen molar-refractivity contribution in [1.82, 2.24) is 0 Å². The lowest BCUT2D eigenvalue weighted by atomic mass is 10.1. The maximum absolute atomic E-state index is 12.4. The summed E-state index contributed by atoms with van der Waals surface area (Å²) in [4.78, 5) is 24.9. The van der Waals surface area contributed by atoms with Crippen molar-refractivity contribution in [2.24, 2.45) is 0 Å². The number of hydrogen-bond acceptors (Lipinski definition) is 3. The predicted molar refractivity (Wildman–Crippen MR) is 75.1 cm³/mol. The SMILES string of the molecule is CCCCN1C(=O)C(CC(=O)O)Oc2cc(C)ccc21. The third-order valence-electron chi connectivity index (χ3n) is 3.31. The second kappa shape index (κ2) is 5.94. The first-order valence-electron chi connectivity index (χ1n) is 6.83. The Morgan fingerprint density at radius 3 is 2.85 bits per heavy atom. The number of ether oxygens (including phenoxy) is 1. The van der Waals surface area contributed by atoms with E-state index in [1.165, 1.54) is 0 Å². The molecule has 1 unspecified atom stereocenters. The van der Waals surface area contributed by atoms with Gasteiger partial charge in [-0.25, -0.2) is 0 Å². The molecule has 1 amide bonds. The van der Waals surface area contributed by atoms with Crippen LogP contribution >= 0.6 is 0 Å². The molecule has 0 aromatic heterocycles. The largest absolute Gasteiger partial charge is 0.481 e. The highest BCUT2D eigenvalue weighted by Gasteiger charge is 2.35. The molecule has 0 spiro atoms. The minimum atomic E-state index is -1.03. The lowest BCUT2D eigenvalue weighted by Crippen LogP contribution is -2.47. The van der Waals surface area contributed by atoms with Crippen LogP contribution in [-0.2, 0) is 9.59 Å². The fourth-order valence-electron chi connectivity index (χ4n) is 2.27. The Morgan fingerprint density at radius 2 is 2.20 bits per heavy atom. The van der Waals surface area contributed by atoms with Crippen molar-refractivity contribution in [2.75, 3.05) is 11.4 Å². The van der Waals surface area contributed by atoms with Crippen LogP contribution in [0.1, 0.15) is 31.7 Å². The highest BCUT2D eigenvalue weighted by molar-refractivity contribution is 6.01. The zero-order valence-corrected chi connectivity index (χ0v) is 11.8. The van der Waals surface area contributed by atoms with Crippen molar-refractivity contribution in [3.63, 3.8) is 0 Å². The summed E-state index contributed by atoms with van der Waals surface area (Å²) in [5, 5.41) is 8.90. The lowest BCUT2D eigenvalue weighted by Gasteiger charge is -2.34. The third-order valence-corrected chi connectivity index (χ3v) is 3.31. The summed E-state index contributed by atoms with van der Waals surface area (Å²) < 4.78 is 5.57. The van der Waals surface area contributed by atoms with Crippen molar-refractivity contribution in [2.45, 2.75) is 39.2 Å². The Balaban J connectivity index is 2.33. The van der Waals surface area contributed by atoms with Crippen molar-refractivity contribution < 1.29 is 19.4 Å². The number of aryl methyl sites for hydroxylation is 1. The van der Waals surface area contributed by atoms with Gasteiger partial charge in [0.15, 0.2) is 6.10 Å². The van der Waals surface area contributed by atoms with Crippen molar-refractivity contribution in [3.05, 3.63) is 23.8 Å². The molecule has 0 fully saturated rings. The summed E-state index contributed by atoms with van der Waals surface area (Å²) in [5.74, 6) is -0.709. The van der Waals surface area contributed by atoms with Crippen LogP contribution in [0, 0.1) is 6.92 Å². The van der Waals surface area contributed by atoms with Crippen LogP contribution in [0.25, 0.3) is 0 Å². The third kappa shape index (κ3) is 2.92. The van der Waals surface area contributed by atoms with Crippen molar-refractivity contribution in [1.29, 1.82) is 0 Å². The van der Waals surface area contributed by atoms with E-state index in [4.69, 9.17) is 9.84 Å². The average molecular weight is 277 g/mol. The van der Waals surface area contributed by atoms with Gasteiger partial charge in [0.05, 0.1) is 12.1 Å². The molecule has 1 aliphatic rings. The summed E-state index contributed by atoms with van der Waals surface area (Å²) in [5.41, 5.74) is 1.75. The normalized spacial score (nSPS) is 17.6. The summed E-state index contributed by atoms with van der Waals surface area (Å²) >= 11 is 0. The molecule has 108 valence electrons. The predicted octanol–water partition coefficient (Wildman–Crippen LogP) is 2.36. The Bertz CT molecular complexity index is 527. The number of carboxylic acid groups (broad SMARTS) is 1. The second-order valence-electron chi connectivity index (χ2n) is 5.02. The molecule has 1 heterocycles. The molecule has 1 aromatic carbocycles. The Labute approximate surface area is 118 Å². The van der Waals surface area contributed by atoms with Crippen LogP contribution in [0.3, 0.4) is 0 Å². The van der Waals surface area contributed by atoms with E-state index >= 15 is 0 Å². The number of unbranched alkanes of at least 4 members (excludes halogenated alkanes) is 1. The molecule has 0 saturated carbocycles. The van der Waals surface area contributed by atoms with E-state index in [1.807, 2.05) is 25.1 Å². The van der Waals surface area contributed by atoms with Gasteiger partial charge >= 0.3 is 5.97 Å². The maximum atomic E-state index is 12.4. The van der Waals surface area contributed by atoms with E-state index in [-0.39, 0.29) is 12.3 Å². The molecule has 20 heavy (non-hydrogen) atoms. The topological polar surface area (TPSA) is 66.8 Å². The minimum absolute atomic E-state index is 0.266. The van der Waals surface area contributed by atoms with Gasteiger partial charge < -0.3 is 14.7 Å². The fraction of sp³-hybridized carbons (Fsp3) is 0.467. The van der Waals surface area contributed by atoms with Gasteiger partial charge in [0.25, 0.3) is 5.91 Å². The van der Waals surface area contributed by atoms with Gasteiger partial charge in [-0.1, -0.05) is 19.4 Å². The molecule has 0 saturated heterocycles. The molecule has 5 heteroatoms. The molecule has 1 atom stereocenters. The molecule has 1 aliphatic heterocycles. The van der Waals surface area contributed by atoms with E-state index in [9.17, 15) is 9.59 Å². The van der Waals surface area contributed by atoms with Gasteiger partial charge in [0.2, 0.25) is 0 Å². The number of amides is 1. The first-order chi connectivity index (χ1) is 9.52. The zero-order chi connectivity index (χ0) is 14.7. The van der Waals surface area contributed by atoms with E-state index in [2.05, 4.69) is 6.92 Å². The van der Waals surface area contributed by atoms with E-state index in [0.29, 0.717) is 12.3 Å². The van der Waals surface area contributed by atoms with Crippen LogP contribution in [0.4, 0.5) is 5.69 Å². The first kappa shape index (κ1) is 14.4. The highest BCUT2D eigenvalue weighted by atomic mass is 16.5. The molecular weight excluding hydrogens is 258 g/mol. The van der Waals surface area contributed by atoms with Gasteiger partial charge in [0.1, 0.15) is 5.75 Å². The number of anilines is 1. The van der Waals surface area contributed by atoms with Gasteiger partial charge in [-0.3, -0.25) is 9.59 Å². The van der Waals surface area contributed by atoms with Crippen LogP contribution in [0.5, 0.6) is 5.75 Å². The smallest absolute Gasteiger partial charge is 0.307 e. The highest BCUT2D eigenvalue weighted by Crippen LogP contribution is 2.35. The summed E-state index contributed by atoms with van der Waals surface area (Å²) in [6, 6.07) is 5.62. The number of benzene rings is 1. The van der Waals surface area contributed by atoms with Crippen LogP contribution in [0.2, 0.25) is 0 Å². The maximum Gasteiger partial charge on any atom is 0.307 e. The lowest BCUT2D eigenvalue weighted by molar-refractivity contribution is -0.142. The number of fused-ring (bicyclic) bond motifs is 1. The molecule has 0 aliphatic carbocycles. The quantitative estimate of drug-likeness (QED) is 0.897. The first-order valence-corrected chi connectivity index (χ1v) is 6.83. The average Bonchev–Trinajstić information content (AvgIpc) is 2.38. The van der Waals surface area contributed by atoms with Gasteiger partial charge in [-0.2, -0.15) is 0 Å². The molecule has 0 bridgehead atoms. The van der Waals surface area contributed by atoms with E-state index < -0.39 is 12.1 Å². The standard InChI is InChI=1S/C15H19NO4/c1-3-4-7-16-11-6-5-10(2)8-12(11)20-13(15(16)19)9-14(17)18/h5-6,8,13H,3-4,7,9H2,1-2H3,(H,17,18). The van der Waals surface area contributed by atoms with Gasteiger partial charge in [-0.15, -0.1) is 0 Å². The molecule has 1 N–H and O–H groups in total. The van der Waals surface area contributed by atoms with Crippen LogP contribution < -0.4 is 9.64 Å². The molecule has 0 radical (unpaired) electrons. The zero-order valence-electron chi connectivity index (χ0n) is 11.8. The molecule has 1 aromatic rings. The fourth-order valence-corrected chi connectivity index (χ4v) is 2.27. The number of carboxylic acids is 1. The van der Waals surface area contributed by atoms with Crippen LogP contribution in [0.15, 0.2) is 18.2 Å². The van der Waals surface area contributed by atoms with Crippen molar-refractivity contribution >= 4 is 17.6 Å². The molecule has 5 nitrogen and oxygen atoms in total. The van der Waals surface area contributed by atoms with E-state index in [1.54, 1.807) is 4.90 Å². The Morgan fingerprint density at radius 1 is 1.45 bits per heavy atom. The molecular formula is C15H19NO4. The Kier molecular flexibility index (Phi) is 4.27. The van der Waals surface area contributed by atoms with E-state index in [0.717, 1.165) is 24.1 Å². The number of carbonyl (C=O) groups is 2. The number of aliphatic carboxylic acids is 1. The number of carbonyl (C=O) groups excluding carboxylic acids is 1. The monoisotopic (exact) mass is 277 g/mol. The number of rotatable bonds is 5. The minimum Gasteiger partial charge on any atom is -0.481 e. The second-order valence-corrected chi connectivity index (χ2v) is 5.02. The summed E-state index contributed by atoms with van der Waals surface area (Å²) in [7, 11) is 0. The number of hydrogen-bond donors (Lipinski definition) is 1.